The van der Waals surface area contributed by atoms with Crippen LogP contribution in [0.4, 0.5) is 57.1 Å². The minimum atomic E-state index is -6.98. The van der Waals surface area contributed by atoms with Crippen molar-refractivity contribution in [2.45, 2.75) is 42.5 Å². The van der Waals surface area contributed by atoms with E-state index in [2.05, 4.69) is 4.74 Å². The third kappa shape index (κ3) is 3.84. The van der Waals surface area contributed by atoms with Gasteiger partial charge >= 0.3 is 36.3 Å². The molecule has 1 fully saturated rings. The highest BCUT2D eigenvalue weighted by molar-refractivity contribution is 5.80. The van der Waals surface area contributed by atoms with E-state index < -0.39 is 66.5 Å². The maximum Gasteiger partial charge on any atom is 0.440 e. The van der Waals surface area contributed by atoms with Gasteiger partial charge < -0.3 is 4.74 Å². The molecule has 0 aliphatic carbocycles. The highest BCUT2D eigenvalue weighted by Crippen LogP contribution is 2.49. The number of nitrogens with zero attached hydrogens (tertiary/aromatic N) is 1. The Morgan fingerprint density at radius 1 is 0.769 bits per heavy atom. The van der Waals surface area contributed by atoms with Crippen molar-refractivity contribution in [2.75, 3.05) is 13.1 Å². The predicted octanol–water partition coefficient (Wildman–Crippen LogP) is 3.54. The van der Waals surface area contributed by atoms with E-state index in [-0.39, 0.29) is 0 Å². The molecule has 154 valence electrons. The maximum absolute atomic E-state index is 13.8. The quantitative estimate of drug-likeness (QED) is 0.398. The number of carbonyl (C=O) groups is 1. The first-order valence-electron chi connectivity index (χ1n) is 6.13. The number of carbonyl (C=O) groups excluding carboxylic acids is 1. The van der Waals surface area contributed by atoms with E-state index in [1.165, 1.54) is 0 Å². The zero-order chi connectivity index (χ0) is 20.9. The van der Waals surface area contributed by atoms with Gasteiger partial charge in [0.05, 0.1) is 0 Å². The molecule has 1 aliphatic heterocycles. The third-order valence-corrected chi connectivity index (χ3v) is 3.30. The van der Waals surface area contributed by atoms with Crippen molar-refractivity contribution in [1.29, 1.82) is 0 Å². The molecule has 3 unspecified atom stereocenters. The molecule has 0 bridgehead atoms. The summed E-state index contributed by atoms with van der Waals surface area (Å²) in [6.45, 7) is -4.84. The molecule has 1 saturated heterocycles. The molecular weight excluding hydrogens is 413 g/mol. The summed E-state index contributed by atoms with van der Waals surface area (Å²) >= 11 is 0. The van der Waals surface area contributed by atoms with Gasteiger partial charge in [-0.25, -0.2) is 9.29 Å². The Labute approximate surface area is 134 Å². The number of morpholine rings is 1. The van der Waals surface area contributed by atoms with Crippen LogP contribution in [-0.4, -0.2) is 66.5 Å². The Morgan fingerprint density at radius 2 is 1.12 bits per heavy atom. The summed E-state index contributed by atoms with van der Waals surface area (Å²) in [7, 11) is 0. The van der Waals surface area contributed by atoms with Crippen molar-refractivity contribution in [3.8, 4) is 0 Å². The average molecular weight is 419 g/mol. The molecule has 16 heteroatoms. The topological polar surface area (TPSA) is 29.5 Å². The van der Waals surface area contributed by atoms with Crippen LogP contribution in [0.2, 0.25) is 0 Å². The fourth-order valence-corrected chi connectivity index (χ4v) is 1.97. The molecule has 3 nitrogen and oxygen atoms in total. The van der Waals surface area contributed by atoms with E-state index in [4.69, 9.17) is 0 Å². The van der Waals surface area contributed by atoms with Crippen molar-refractivity contribution in [1.82, 2.24) is 4.90 Å². The van der Waals surface area contributed by atoms with Crippen LogP contribution in [0.15, 0.2) is 0 Å². The second kappa shape index (κ2) is 6.38. The largest absolute Gasteiger partial charge is 0.440 e. The standard InChI is InChI=1S/C10H6F13NO2/c11-5(25)6(12,9(19,20)21)10(22,23)24-1-3(7(13,14)15)26-4(2-24)8(16,17)18/h3-4H,1-2H2. The summed E-state index contributed by atoms with van der Waals surface area (Å²) in [4.78, 5) is 8.64. The van der Waals surface area contributed by atoms with Gasteiger partial charge in [-0.05, 0) is 0 Å². The van der Waals surface area contributed by atoms with E-state index in [1.54, 1.807) is 0 Å². The lowest BCUT2D eigenvalue weighted by atomic mass is 10.0. The fraction of sp³-hybridized carbons (Fsp3) is 0.900. The molecule has 0 spiro atoms. The number of rotatable bonds is 3. The summed E-state index contributed by atoms with van der Waals surface area (Å²) in [6, 6.07) is -10.8. The average Bonchev–Trinajstić information content (AvgIpc) is 2.42. The van der Waals surface area contributed by atoms with Crippen LogP contribution >= 0.6 is 0 Å². The normalized spacial score (nSPS) is 26.5. The van der Waals surface area contributed by atoms with Gasteiger partial charge in [0.15, 0.2) is 12.2 Å². The maximum atomic E-state index is 13.8. The summed E-state index contributed by atoms with van der Waals surface area (Å²) < 4.78 is 170. The molecular formula is C10H6F13NO2. The molecule has 1 rings (SSSR count). The van der Waals surface area contributed by atoms with Gasteiger partial charge in [-0.1, -0.05) is 0 Å². The van der Waals surface area contributed by atoms with Crippen LogP contribution in [-0.2, 0) is 9.53 Å². The zero-order valence-corrected chi connectivity index (χ0v) is 11.7. The van der Waals surface area contributed by atoms with Crippen LogP contribution in [0.25, 0.3) is 0 Å². The Balaban J connectivity index is 3.42. The Bertz CT molecular complexity index is 517. The minimum Gasteiger partial charge on any atom is -0.353 e. The SMILES string of the molecule is O=C(F)C(F)(C(F)(F)F)C(F)(F)N1CC(C(F)(F)F)OC(C(F)(F)F)C1. The highest BCUT2D eigenvalue weighted by Gasteiger charge is 2.79. The fourth-order valence-electron chi connectivity index (χ4n) is 1.97. The summed E-state index contributed by atoms with van der Waals surface area (Å²) in [6.07, 6.45) is -25.9. The van der Waals surface area contributed by atoms with E-state index in [0.29, 0.717) is 0 Å². The number of halogens is 13. The Kier molecular flexibility index (Phi) is 5.58. The monoisotopic (exact) mass is 419 g/mol. The smallest absolute Gasteiger partial charge is 0.353 e. The third-order valence-electron chi connectivity index (χ3n) is 3.30. The van der Waals surface area contributed by atoms with E-state index >= 15 is 0 Å². The molecule has 1 aliphatic rings. The molecule has 0 aromatic carbocycles. The Morgan fingerprint density at radius 3 is 1.35 bits per heavy atom. The van der Waals surface area contributed by atoms with Crippen LogP contribution in [0, 0.1) is 0 Å². The first-order valence-corrected chi connectivity index (χ1v) is 6.13. The van der Waals surface area contributed by atoms with Crippen molar-refractivity contribution in [2.24, 2.45) is 0 Å². The van der Waals surface area contributed by atoms with Crippen molar-refractivity contribution in [3.05, 3.63) is 0 Å². The van der Waals surface area contributed by atoms with Gasteiger partial charge in [0.25, 0.3) is 0 Å². The van der Waals surface area contributed by atoms with Gasteiger partial charge in [-0.2, -0.15) is 52.7 Å². The molecule has 1 heterocycles. The van der Waals surface area contributed by atoms with Crippen molar-refractivity contribution < 1.29 is 66.6 Å². The van der Waals surface area contributed by atoms with Crippen LogP contribution in [0.3, 0.4) is 0 Å². The van der Waals surface area contributed by atoms with Crippen molar-refractivity contribution in [3.63, 3.8) is 0 Å². The highest BCUT2D eigenvalue weighted by atomic mass is 19.4. The molecule has 0 aromatic heterocycles. The number of ether oxygens (including phenoxy) is 1. The number of hydrogen-bond donors (Lipinski definition) is 0. The first-order chi connectivity index (χ1) is 11.3. The molecule has 0 aromatic rings. The van der Waals surface area contributed by atoms with E-state index in [1.807, 2.05) is 0 Å². The summed E-state index contributed by atoms with van der Waals surface area (Å²) in [5.41, 5.74) is -6.69. The summed E-state index contributed by atoms with van der Waals surface area (Å²) in [5.74, 6) is 0. The number of alkyl halides is 12. The molecule has 26 heavy (non-hydrogen) atoms. The number of hydrogen-bond acceptors (Lipinski definition) is 3. The first kappa shape index (κ1) is 22.7. The minimum absolute atomic E-state index is 1.57. The van der Waals surface area contributed by atoms with Crippen molar-refractivity contribution >= 4 is 6.04 Å². The second-order valence-electron chi connectivity index (χ2n) is 5.07. The molecule has 3 atom stereocenters. The Hall–Kier alpha value is -1.32. The molecule has 0 amide bonds. The van der Waals surface area contributed by atoms with E-state index in [9.17, 15) is 61.9 Å². The van der Waals surface area contributed by atoms with Crippen LogP contribution in [0.5, 0.6) is 0 Å². The van der Waals surface area contributed by atoms with Gasteiger partial charge in [0.1, 0.15) is 0 Å². The molecule has 0 N–H and O–H groups in total. The van der Waals surface area contributed by atoms with Gasteiger partial charge in [0.2, 0.25) is 0 Å². The van der Waals surface area contributed by atoms with Gasteiger partial charge in [0, 0.05) is 13.1 Å². The van der Waals surface area contributed by atoms with Crippen LogP contribution in [0.1, 0.15) is 0 Å². The lowest BCUT2D eigenvalue weighted by molar-refractivity contribution is -0.364. The zero-order valence-electron chi connectivity index (χ0n) is 11.7. The van der Waals surface area contributed by atoms with Gasteiger partial charge in [-0.15, -0.1) is 0 Å². The van der Waals surface area contributed by atoms with Crippen LogP contribution < -0.4 is 0 Å². The second-order valence-corrected chi connectivity index (χ2v) is 5.07. The van der Waals surface area contributed by atoms with Gasteiger partial charge in [-0.3, -0.25) is 4.79 Å². The van der Waals surface area contributed by atoms with E-state index in [0.717, 1.165) is 0 Å². The summed E-state index contributed by atoms with van der Waals surface area (Å²) in [5, 5.41) is 0. The molecule has 0 radical (unpaired) electrons. The molecule has 0 saturated carbocycles. The lowest BCUT2D eigenvalue weighted by Gasteiger charge is -2.45. The lowest BCUT2D eigenvalue weighted by Crippen LogP contribution is -2.71. The predicted molar refractivity (Wildman–Crippen MR) is 53.3 cm³/mol.